The third-order valence-corrected chi connectivity index (χ3v) is 6.18. The number of fused-ring (bicyclic) bond motifs is 3. The van der Waals surface area contributed by atoms with Gasteiger partial charge in [0.15, 0.2) is 11.5 Å². The fraction of sp³-hybridized carbons (Fsp3) is 0.714. The maximum atomic E-state index is 6.60. The second-order valence-corrected chi connectivity index (χ2v) is 8.43. The molecule has 0 amide bonds. The number of hydrogen-bond donors (Lipinski definition) is 1. The fourth-order valence-electron chi connectivity index (χ4n) is 4.78. The summed E-state index contributed by atoms with van der Waals surface area (Å²) in [7, 11) is 3.42. The van der Waals surface area contributed by atoms with Crippen molar-refractivity contribution >= 4 is 0 Å². The Morgan fingerprint density at radius 1 is 1.20 bits per heavy atom. The van der Waals surface area contributed by atoms with Crippen LogP contribution in [0, 0.1) is 5.92 Å². The van der Waals surface area contributed by atoms with Crippen molar-refractivity contribution in [2.75, 3.05) is 27.3 Å². The van der Waals surface area contributed by atoms with E-state index in [0.717, 1.165) is 31.0 Å². The highest BCUT2D eigenvalue weighted by molar-refractivity contribution is 5.52. The zero-order valence-corrected chi connectivity index (χ0v) is 16.5. The molecule has 0 aliphatic carbocycles. The Morgan fingerprint density at radius 3 is 2.52 bits per heavy atom. The molecule has 2 N–H and O–H groups in total. The summed E-state index contributed by atoms with van der Waals surface area (Å²) >= 11 is 0. The first kappa shape index (κ1) is 18.5. The van der Waals surface area contributed by atoms with Crippen molar-refractivity contribution in [1.29, 1.82) is 0 Å². The van der Waals surface area contributed by atoms with Crippen molar-refractivity contribution in [2.45, 2.75) is 64.0 Å². The Hall–Kier alpha value is -1.26. The first-order chi connectivity index (χ1) is 11.9. The van der Waals surface area contributed by atoms with Gasteiger partial charge in [0.2, 0.25) is 0 Å². The predicted octanol–water partition coefficient (Wildman–Crippen LogP) is 3.88. The topological polar surface area (TPSA) is 47.7 Å². The summed E-state index contributed by atoms with van der Waals surface area (Å²) in [6.07, 6.45) is 4.81. The highest BCUT2D eigenvalue weighted by Gasteiger charge is 2.43. The molecule has 3 atom stereocenters. The van der Waals surface area contributed by atoms with Crippen LogP contribution >= 0.6 is 0 Å². The van der Waals surface area contributed by atoms with E-state index in [-0.39, 0.29) is 11.5 Å². The molecule has 25 heavy (non-hydrogen) atoms. The zero-order chi connectivity index (χ0) is 18.2. The average Bonchev–Trinajstić information content (AvgIpc) is 2.59. The molecule has 2 aliphatic rings. The van der Waals surface area contributed by atoms with Crippen LogP contribution in [0.2, 0.25) is 0 Å². The van der Waals surface area contributed by atoms with Gasteiger partial charge in [-0.2, -0.15) is 0 Å². The Morgan fingerprint density at radius 2 is 1.88 bits per heavy atom. The number of nitrogens with zero attached hydrogens (tertiary/aromatic N) is 1. The van der Waals surface area contributed by atoms with Crippen molar-refractivity contribution in [3.63, 3.8) is 0 Å². The number of unbranched alkanes of at least 4 members (excludes halogenated alkanes) is 1. The van der Waals surface area contributed by atoms with Crippen LogP contribution in [0.5, 0.6) is 11.5 Å². The lowest BCUT2D eigenvalue weighted by atomic mass is 9.71. The molecular formula is C21H34N2O2. The second-order valence-electron chi connectivity index (χ2n) is 8.43. The van der Waals surface area contributed by atoms with Crippen molar-refractivity contribution in [1.82, 2.24) is 4.90 Å². The maximum Gasteiger partial charge on any atom is 0.161 e. The number of nitrogens with two attached hydrogens (primary N) is 1. The van der Waals surface area contributed by atoms with Gasteiger partial charge >= 0.3 is 0 Å². The molecular weight excluding hydrogens is 312 g/mol. The summed E-state index contributed by atoms with van der Waals surface area (Å²) in [5.74, 6) is 2.26. The van der Waals surface area contributed by atoms with E-state index in [4.69, 9.17) is 15.2 Å². The van der Waals surface area contributed by atoms with Crippen molar-refractivity contribution < 1.29 is 9.47 Å². The highest BCUT2D eigenvalue weighted by Crippen LogP contribution is 2.48. The Balaban J connectivity index is 1.96. The van der Waals surface area contributed by atoms with Crippen molar-refractivity contribution in [3.05, 3.63) is 23.3 Å². The van der Waals surface area contributed by atoms with Gasteiger partial charge in [-0.3, -0.25) is 4.90 Å². The van der Waals surface area contributed by atoms with Gasteiger partial charge in [-0.25, -0.2) is 0 Å². The minimum absolute atomic E-state index is 0.0993. The molecule has 2 aliphatic heterocycles. The summed E-state index contributed by atoms with van der Waals surface area (Å²) < 4.78 is 11.1. The largest absolute Gasteiger partial charge is 0.493 e. The first-order valence-electron chi connectivity index (χ1n) is 9.67. The molecule has 0 unspecified atom stereocenters. The second kappa shape index (κ2) is 7.16. The average molecular weight is 347 g/mol. The van der Waals surface area contributed by atoms with E-state index < -0.39 is 0 Å². The van der Waals surface area contributed by atoms with Gasteiger partial charge in [0.1, 0.15) is 0 Å². The van der Waals surface area contributed by atoms with Crippen LogP contribution in [0.1, 0.15) is 63.6 Å². The van der Waals surface area contributed by atoms with Crippen LogP contribution in [0.4, 0.5) is 0 Å². The number of methoxy groups -OCH3 is 2. The van der Waals surface area contributed by atoms with Crippen LogP contribution < -0.4 is 15.2 Å². The van der Waals surface area contributed by atoms with Gasteiger partial charge in [0.05, 0.1) is 14.2 Å². The maximum absolute atomic E-state index is 6.60. The Kier molecular flexibility index (Phi) is 5.31. The highest BCUT2D eigenvalue weighted by atomic mass is 16.5. The number of ether oxygens (including phenoxy) is 2. The van der Waals surface area contributed by atoms with E-state index in [2.05, 4.69) is 37.8 Å². The van der Waals surface area contributed by atoms with Crippen LogP contribution in [-0.2, 0) is 5.41 Å². The number of hydrogen-bond acceptors (Lipinski definition) is 4. The van der Waals surface area contributed by atoms with Gasteiger partial charge in [-0.05, 0) is 42.0 Å². The molecule has 1 aromatic carbocycles. The minimum atomic E-state index is 0.0993. The Bertz CT molecular complexity index is 614. The third-order valence-electron chi connectivity index (χ3n) is 6.18. The number of benzene rings is 1. The summed E-state index contributed by atoms with van der Waals surface area (Å²) in [4.78, 5) is 2.66. The first-order valence-corrected chi connectivity index (χ1v) is 9.67. The molecule has 0 aromatic heterocycles. The smallest absolute Gasteiger partial charge is 0.161 e. The van der Waals surface area contributed by atoms with Gasteiger partial charge in [-0.15, -0.1) is 0 Å². The van der Waals surface area contributed by atoms with Crippen molar-refractivity contribution in [2.24, 2.45) is 11.7 Å². The fourth-order valence-corrected chi connectivity index (χ4v) is 4.78. The van der Waals surface area contributed by atoms with Crippen molar-refractivity contribution in [3.8, 4) is 11.5 Å². The van der Waals surface area contributed by atoms with E-state index >= 15 is 0 Å². The molecule has 4 nitrogen and oxygen atoms in total. The van der Waals surface area contributed by atoms with Crippen LogP contribution in [0.25, 0.3) is 0 Å². The van der Waals surface area contributed by atoms with E-state index in [1.165, 1.54) is 30.4 Å². The van der Waals surface area contributed by atoms with Gasteiger partial charge in [-0.1, -0.05) is 33.6 Å². The molecule has 1 saturated heterocycles. The van der Waals surface area contributed by atoms with Crippen LogP contribution in [0.15, 0.2) is 12.1 Å². The molecule has 0 bridgehead atoms. The molecule has 2 heterocycles. The van der Waals surface area contributed by atoms with E-state index in [9.17, 15) is 0 Å². The Labute approximate surface area is 152 Å². The normalized spacial score (nSPS) is 28.2. The summed E-state index contributed by atoms with van der Waals surface area (Å²) in [6.45, 7) is 9.13. The lowest BCUT2D eigenvalue weighted by Gasteiger charge is -2.51. The van der Waals surface area contributed by atoms with Crippen LogP contribution in [0.3, 0.4) is 0 Å². The van der Waals surface area contributed by atoms with Crippen LogP contribution in [-0.4, -0.2) is 38.3 Å². The molecule has 4 heteroatoms. The van der Waals surface area contributed by atoms with E-state index in [0.29, 0.717) is 12.0 Å². The zero-order valence-electron chi connectivity index (χ0n) is 16.5. The molecule has 3 rings (SSSR count). The minimum Gasteiger partial charge on any atom is -0.493 e. The van der Waals surface area contributed by atoms with E-state index in [1.807, 2.05) is 0 Å². The molecule has 1 fully saturated rings. The molecule has 0 saturated carbocycles. The SMILES string of the molecule is CCCC[C@@H]1CN2CC(C)(C)c3cc(OC)c(OC)cc3[C@H]2C[C@H]1N. The van der Waals surface area contributed by atoms with Gasteiger partial charge in [0.25, 0.3) is 0 Å². The lowest BCUT2D eigenvalue weighted by molar-refractivity contribution is 0.0540. The summed E-state index contributed by atoms with van der Waals surface area (Å²) in [5, 5.41) is 0. The monoisotopic (exact) mass is 346 g/mol. The molecule has 0 spiro atoms. The predicted molar refractivity (Wildman–Crippen MR) is 102 cm³/mol. The number of piperidine rings is 1. The summed E-state index contributed by atoms with van der Waals surface area (Å²) in [5.41, 5.74) is 9.45. The molecule has 140 valence electrons. The quantitative estimate of drug-likeness (QED) is 0.879. The standard InChI is InChI=1S/C21H34N2O2/c1-6-7-8-14-12-23-13-21(2,3)16-10-20(25-5)19(24-4)9-15(16)18(23)11-17(14)22/h9-10,14,17-18H,6-8,11-13,22H2,1-5H3/t14-,17-,18-/m1/s1. The number of rotatable bonds is 5. The molecule has 1 aromatic rings. The summed E-state index contributed by atoms with van der Waals surface area (Å²) in [6, 6.07) is 5.05. The van der Waals surface area contributed by atoms with Gasteiger partial charge < -0.3 is 15.2 Å². The lowest BCUT2D eigenvalue weighted by Crippen LogP contribution is -2.54. The van der Waals surface area contributed by atoms with E-state index in [1.54, 1.807) is 14.2 Å². The third kappa shape index (κ3) is 3.39. The van der Waals surface area contributed by atoms with Gasteiger partial charge in [0, 0.05) is 30.6 Å². The molecule has 0 radical (unpaired) electrons.